The first-order valence-electron chi connectivity index (χ1n) is 9.05. The van der Waals surface area contributed by atoms with Gasteiger partial charge < -0.3 is 14.8 Å². The van der Waals surface area contributed by atoms with Crippen molar-refractivity contribution in [3.63, 3.8) is 0 Å². The molecule has 3 rings (SSSR count). The number of esters is 1. The van der Waals surface area contributed by atoms with Crippen LogP contribution < -0.4 is 10.1 Å². The maximum absolute atomic E-state index is 12.8. The zero-order valence-electron chi connectivity index (χ0n) is 15.6. The smallest absolute Gasteiger partial charge is 0.338 e. The van der Waals surface area contributed by atoms with Gasteiger partial charge in [0.15, 0.2) is 6.61 Å². The summed E-state index contributed by atoms with van der Waals surface area (Å²) in [7, 11) is 0. The van der Waals surface area contributed by atoms with Crippen LogP contribution in [-0.2, 0) is 22.7 Å². The predicted octanol–water partition coefficient (Wildman–Crippen LogP) is 3.88. The van der Waals surface area contributed by atoms with Gasteiger partial charge in [0, 0.05) is 6.54 Å². The molecule has 6 heteroatoms. The number of carbonyl (C=O) groups excluding carboxylic acids is 2. The van der Waals surface area contributed by atoms with Crippen molar-refractivity contribution in [3.05, 3.63) is 101 Å². The first-order valence-corrected chi connectivity index (χ1v) is 9.05. The first-order chi connectivity index (χ1) is 14.1. The molecule has 148 valence electrons. The molecule has 0 saturated heterocycles. The highest BCUT2D eigenvalue weighted by Crippen LogP contribution is 2.15. The second-order valence-corrected chi connectivity index (χ2v) is 6.28. The summed E-state index contributed by atoms with van der Waals surface area (Å²) in [5.74, 6) is -0.755. The summed E-state index contributed by atoms with van der Waals surface area (Å²) in [6.07, 6.45) is 0. The Balaban J connectivity index is 1.41. The highest BCUT2D eigenvalue weighted by molar-refractivity contribution is 5.91. The molecule has 1 N–H and O–H groups in total. The van der Waals surface area contributed by atoms with Gasteiger partial charge in [0.05, 0.1) is 5.56 Å². The molecule has 0 aromatic heterocycles. The lowest BCUT2D eigenvalue weighted by atomic mass is 10.2. The SMILES string of the molecule is O=C(COC(=O)c1ccc(OCc2ccccc2)cc1)NCc1ccc(F)cc1. The molecule has 0 aliphatic heterocycles. The van der Waals surface area contributed by atoms with Crippen LogP contribution in [0.4, 0.5) is 4.39 Å². The van der Waals surface area contributed by atoms with E-state index in [9.17, 15) is 14.0 Å². The number of carbonyl (C=O) groups is 2. The largest absolute Gasteiger partial charge is 0.489 e. The van der Waals surface area contributed by atoms with Gasteiger partial charge in [0.25, 0.3) is 5.91 Å². The van der Waals surface area contributed by atoms with E-state index in [0.29, 0.717) is 17.9 Å². The average Bonchev–Trinajstić information content (AvgIpc) is 2.76. The quantitative estimate of drug-likeness (QED) is 0.590. The van der Waals surface area contributed by atoms with E-state index in [-0.39, 0.29) is 12.4 Å². The van der Waals surface area contributed by atoms with Crippen LogP contribution in [0.1, 0.15) is 21.5 Å². The van der Waals surface area contributed by atoms with Gasteiger partial charge in [-0.1, -0.05) is 42.5 Å². The number of hydrogen-bond donors (Lipinski definition) is 1. The van der Waals surface area contributed by atoms with Gasteiger partial charge in [-0.3, -0.25) is 4.79 Å². The number of hydrogen-bond acceptors (Lipinski definition) is 4. The van der Waals surface area contributed by atoms with E-state index < -0.39 is 18.5 Å². The van der Waals surface area contributed by atoms with Crippen molar-refractivity contribution < 1.29 is 23.5 Å². The second-order valence-electron chi connectivity index (χ2n) is 6.28. The van der Waals surface area contributed by atoms with E-state index in [2.05, 4.69) is 5.32 Å². The minimum Gasteiger partial charge on any atom is -0.489 e. The lowest BCUT2D eigenvalue weighted by Gasteiger charge is -2.08. The van der Waals surface area contributed by atoms with Crippen LogP contribution in [0.3, 0.4) is 0 Å². The Morgan fingerprint density at radius 1 is 0.828 bits per heavy atom. The number of benzene rings is 3. The third-order valence-electron chi connectivity index (χ3n) is 4.08. The minimum absolute atomic E-state index is 0.226. The molecule has 0 aliphatic rings. The fourth-order valence-corrected chi connectivity index (χ4v) is 2.50. The van der Waals surface area contributed by atoms with Crippen molar-refractivity contribution in [1.29, 1.82) is 0 Å². The molecular weight excluding hydrogens is 373 g/mol. The topological polar surface area (TPSA) is 64.6 Å². The Labute approximate surface area is 168 Å². The van der Waals surface area contributed by atoms with Crippen LogP contribution in [0.2, 0.25) is 0 Å². The zero-order valence-corrected chi connectivity index (χ0v) is 15.6. The summed E-state index contributed by atoms with van der Waals surface area (Å²) in [5.41, 5.74) is 2.11. The van der Waals surface area contributed by atoms with Gasteiger partial charge >= 0.3 is 5.97 Å². The maximum atomic E-state index is 12.8. The van der Waals surface area contributed by atoms with Crippen LogP contribution in [0.5, 0.6) is 5.75 Å². The van der Waals surface area contributed by atoms with Crippen LogP contribution in [-0.4, -0.2) is 18.5 Å². The molecule has 0 saturated carbocycles. The van der Waals surface area contributed by atoms with Gasteiger partial charge in [-0.25, -0.2) is 9.18 Å². The molecule has 5 nitrogen and oxygen atoms in total. The van der Waals surface area contributed by atoms with Gasteiger partial charge in [0.1, 0.15) is 18.2 Å². The number of amides is 1. The summed E-state index contributed by atoms with van der Waals surface area (Å²) in [5, 5.41) is 2.61. The van der Waals surface area contributed by atoms with Gasteiger partial charge in [-0.2, -0.15) is 0 Å². The Morgan fingerprint density at radius 3 is 2.21 bits per heavy atom. The molecule has 3 aromatic carbocycles. The van der Waals surface area contributed by atoms with Crippen LogP contribution in [0, 0.1) is 5.82 Å². The predicted molar refractivity (Wildman–Crippen MR) is 106 cm³/mol. The molecule has 29 heavy (non-hydrogen) atoms. The van der Waals surface area contributed by atoms with Crippen molar-refractivity contribution in [2.45, 2.75) is 13.2 Å². The molecule has 0 aliphatic carbocycles. The third kappa shape index (κ3) is 6.46. The average molecular weight is 393 g/mol. The van der Waals surface area contributed by atoms with Gasteiger partial charge in [-0.05, 0) is 47.5 Å². The standard InChI is InChI=1S/C23H20FNO4/c24-20-10-6-17(7-11-20)14-25-22(26)16-29-23(27)19-8-12-21(13-9-19)28-15-18-4-2-1-3-5-18/h1-13H,14-16H2,(H,25,26). The van der Waals surface area contributed by atoms with E-state index in [1.54, 1.807) is 36.4 Å². The number of halogens is 1. The van der Waals surface area contributed by atoms with Crippen molar-refractivity contribution in [1.82, 2.24) is 5.32 Å². The van der Waals surface area contributed by atoms with Crippen molar-refractivity contribution in [2.75, 3.05) is 6.61 Å². The monoisotopic (exact) mass is 393 g/mol. The maximum Gasteiger partial charge on any atom is 0.338 e. The van der Waals surface area contributed by atoms with Gasteiger partial charge in [0.2, 0.25) is 0 Å². The summed E-state index contributed by atoms with van der Waals surface area (Å²) in [4.78, 5) is 23.9. The Kier molecular flexibility index (Phi) is 6.95. The number of ether oxygens (including phenoxy) is 2. The second kappa shape index (κ2) is 10.0. The van der Waals surface area contributed by atoms with Crippen molar-refractivity contribution in [3.8, 4) is 5.75 Å². The molecule has 0 heterocycles. The van der Waals surface area contributed by atoms with E-state index in [1.165, 1.54) is 12.1 Å². The Bertz CT molecular complexity index is 941. The Morgan fingerprint density at radius 2 is 1.52 bits per heavy atom. The molecule has 0 spiro atoms. The van der Waals surface area contributed by atoms with Crippen LogP contribution in [0.25, 0.3) is 0 Å². The molecular formula is C23H20FNO4. The summed E-state index contributed by atoms with van der Waals surface area (Å²) < 4.78 is 23.5. The van der Waals surface area contributed by atoms with E-state index in [0.717, 1.165) is 11.1 Å². The molecule has 0 radical (unpaired) electrons. The zero-order chi connectivity index (χ0) is 20.5. The van der Waals surface area contributed by atoms with E-state index in [4.69, 9.17) is 9.47 Å². The molecule has 3 aromatic rings. The van der Waals surface area contributed by atoms with Crippen molar-refractivity contribution >= 4 is 11.9 Å². The normalized spacial score (nSPS) is 10.2. The molecule has 0 atom stereocenters. The summed E-state index contributed by atoms with van der Waals surface area (Å²) in [6.45, 7) is 0.259. The molecule has 0 unspecified atom stereocenters. The summed E-state index contributed by atoms with van der Waals surface area (Å²) in [6, 6.07) is 22.0. The number of nitrogens with one attached hydrogen (secondary N) is 1. The van der Waals surface area contributed by atoms with E-state index >= 15 is 0 Å². The fourth-order valence-electron chi connectivity index (χ4n) is 2.50. The van der Waals surface area contributed by atoms with Crippen molar-refractivity contribution in [2.24, 2.45) is 0 Å². The lowest BCUT2D eigenvalue weighted by molar-refractivity contribution is -0.124. The summed E-state index contributed by atoms with van der Waals surface area (Å²) >= 11 is 0. The first kappa shape index (κ1) is 20.1. The molecule has 0 fully saturated rings. The van der Waals surface area contributed by atoms with Gasteiger partial charge in [-0.15, -0.1) is 0 Å². The highest BCUT2D eigenvalue weighted by atomic mass is 19.1. The minimum atomic E-state index is -0.600. The Hall–Kier alpha value is -3.67. The lowest BCUT2D eigenvalue weighted by Crippen LogP contribution is -2.28. The third-order valence-corrected chi connectivity index (χ3v) is 4.08. The van der Waals surface area contributed by atoms with Crippen LogP contribution >= 0.6 is 0 Å². The molecule has 1 amide bonds. The number of rotatable bonds is 8. The molecule has 0 bridgehead atoms. The fraction of sp³-hybridized carbons (Fsp3) is 0.130. The highest BCUT2D eigenvalue weighted by Gasteiger charge is 2.10. The van der Waals surface area contributed by atoms with Crippen LogP contribution in [0.15, 0.2) is 78.9 Å². The van der Waals surface area contributed by atoms with E-state index in [1.807, 2.05) is 30.3 Å².